The zero-order valence-corrected chi connectivity index (χ0v) is 12.5. The number of anilines is 1. The van der Waals surface area contributed by atoms with Crippen LogP contribution in [0.25, 0.3) is 10.9 Å². The fraction of sp³-hybridized carbons (Fsp3) is 0.118. The lowest BCUT2D eigenvalue weighted by molar-refractivity contribution is -0.384. The number of aryl methyl sites for hydroxylation is 1. The van der Waals surface area contributed by atoms with E-state index in [4.69, 9.17) is 0 Å². The fourth-order valence-electron chi connectivity index (χ4n) is 2.63. The van der Waals surface area contributed by atoms with Crippen LogP contribution in [0.5, 0.6) is 0 Å². The summed E-state index contributed by atoms with van der Waals surface area (Å²) < 4.78 is 0. The predicted octanol–water partition coefficient (Wildman–Crippen LogP) is 3.57. The number of carbonyl (C=O) groups is 1. The van der Waals surface area contributed by atoms with Gasteiger partial charge in [-0.15, -0.1) is 0 Å². The molecule has 0 unspecified atom stereocenters. The number of nitrogens with zero attached hydrogens (tertiary/aromatic N) is 1. The van der Waals surface area contributed by atoms with Gasteiger partial charge in [0.2, 0.25) is 5.91 Å². The number of hydrogen-bond acceptors (Lipinski definition) is 3. The summed E-state index contributed by atoms with van der Waals surface area (Å²) in [7, 11) is 0. The maximum Gasteiger partial charge on any atom is 0.271 e. The third kappa shape index (κ3) is 3.06. The number of benzene rings is 2. The number of H-pyrrole nitrogens is 1. The first-order chi connectivity index (χ1) is 11.0. The molecule has 1 heterocycles. The molecular weight excluding hydrogens is 294 g/mol. The van der Waals surface area contributed by atoms with E-state index < -0.39 is 4.92 Å². The summed E-state index contributed by atoms with van der Waals surface area (Å²) in [5.41, 5.74) is 3.24. The van der Waals surface area contributed by atoms with Gasteiger partial charge in [0.25, 0.3) is 5.69 Å². The normalized spacial score (nSPS) is 10.7. The molecule has 1 amide bonds. The standard InChI is InChI=1S/C17H15N3O3/c1-11-15(14-7-2-3-8-16(14)18-11)10-17(21)19-12-5-4-6-13(9-12)20(22)23/h2-9,18H,10H2,1H3,(H,19,21). The Bertz CT molecular complexity index is 899. The van der Waals surface area contributed by atoms with E-state index in [1.807, 2.05) is 31.2 Å². The largest absolute Gasteiger partial charge is 0.358 e. The maximum atomic E-state index is 12.3. The highest BCUT2D eigenvalue weighted by Gasteiger charge is 2.13. The number of nitrogens with one attached hydrogen (secondary N) is 2. The molecular formula is C17H15N3O3. The van der Waals surface area contributed by atoms with Gasteiger partial charge in [-0.3, -0.25) is 14.9 Å². The first-order valence-electron chi connectivity index (χ1n) is 7.15. The number of non-ortho nitro benzene ring substituents is 1. The van der Waals surface area contributed by atoms with Crippen molar-refractivity contribution in [2.75, 3.05) is 5.32 Å². The third-order valence-electron chi connectivity index (χ3n) is 3.71. The lowest BCUT2D eigenvalue weighted by Crippen LogP contribution is -2.14. The van der Waals surface area contributed by atoms with E-state index in [0.717, 1.165) is 22.2 Å². The minimum Gasteiger partial charge on any atom is -0.358 e. The van der Waals surface area contributed by atoms with Gasteiger partial charge in [-0.2, -0.15) is 0 Å². The van der Waals surface area contributed by atoms with E-state index in [2.05, 4.69) is 10.3 Å². The summed E-state index contributed by atoms with van der Waals surface area (Å²) in [6, 6.07) is 13.7. The van der Waals surface area contributed by atoms with E-state index >= 15 is 0 Å². The van der Waals surface area contributed by atoms with E-state index in [1.54, 1.807) is 12.1 Å². The first-order valence-corrected chi connectivity index (χ1v) is 7.15. The molecule has 1 aromatic heterocycles. The number of rotatable bonds is 4. The lowest BCUT2D eigenvalue weighted by atomic mass is 10.1. The Balaban J connectivity index is 1.80. The molecule has 0 aliphatic rings. The molecule has 6 heteroatoms. The minimum atomic E-state index is -0.487. The first kappa shape index (κ1) is 14.8. The SMILES string of the molecule is Cc1[nH]c2ccccc2c1CC(=O)Nc1cccc([N+](=O)[O-])c1. The van der Waals surface area contributed by atoms with E-state index in [0.29, 0.717) is 5.69 Å². The molecule has 3 aromatic rings. The third-order valence-corrected chi connectivity index (χ3v) is 3.71. The van der Waals surface area contributed by atoms with Crippen LogP contribution in [0.3, 0.4) is 0 Å². The molecule has 0 atom stereocenters. The fourth-order valence-corrected chi connectivity index (χ4v) is 2.63. The Kier molecular flexibility index (Phi) is 3.80. The Morgan fingerprint density at radius 2 is 2.00 bits per heavy atom. The van der Waals surface area contributed by atoms with Crippen LogP contribution >= 0.6 is 0 Å². The molecule has 116 valence electrons. The predicted molar refractivity (Wildman–Crippen MR) is 88.5 cm³/mol. The molecule has 0 saturated carbocycles. The molecule has 0 bridgehead atoms. The van der Waals surface area contributed by atoms with Crippen molar-refractivity contribution in [1.29, 1.82) is 0 Å². The summed E-state index contributed by atoms with van der Waals surface area (Å²) >= 11 is 0. The van der Waals surface area contributed by atoms with Crippen LogP contribution in [0.15, 0.2) is 48.5 Å². The maximum absolute atomic E-state index is 12.3. The molecule has 0 spiro atoms. The quantitative estimate of drug-likeness (QED) is 0.570. The number of para-hydroxylation sites is 1. The van der Waals surface area contributed by atoms with Crippen molar-refractivity contribution < 1.29 is 9.72 Å². The van der Waals surface area contributed by atoms with Crippen molar-refractivity contribution in [1.82, 2.24) is 4.98 Å². The second-order valence-electron chi connectivity index (χ2n) is 5.31. The molecule has 0 aliphatic heterocycles. The van der Waals surface area contributed by atoms with E-state index in [9.17, 15) is 14.9 Å². The zero-order chi connectivity index (χ0) is 16.4. The Hall–Kier alpha value is -3.15. The number of fused-ring (bicyclic) bond motifs is 1. The topological polar surface area (TPSA) is 88.0 Å². The number of aromatic amines is 1. The zero-order valence-electron chi connectivity index (χ0n) is 12.5. The van der Waals surface area contributed by atoms with Gasteiger partial charge in [-0.05, 0) is 24.6 Å². The van der Waals surface area contributed by atoms with Crippen molar-refractivity contribution in [2.24, 2.45) is 0 Å². The van der Waals surface area contributed by atoms with Crippen molar-refractivity contribution >= 4 is 28.2 Å². The molecule has 23 heavy (non-hydrogen) atoms. The van der Waals surface area contributed by atoms with Crippen LogP contribution in [0.4, 0.5) is 11.4 Å². The van der Waals surface area contributed by atoms with Crippen molar-refractivity contribution in [3.05, 3.63) is 69.9 Å². The highest BCUT2D eigenvalue weighted by molar-refractivity contribution is 5.96. The van der Waals surface area contributed by atoms with E-state index in [1.165, 1.54) is 12.1 Å². The van der Waals surface area contributed by atoms with Crippen LogP contribution in [0.2, 0.25) is 0 Å². The molecule has 0 aliphatic carbocycles. The number of carbonyl (C=O) groups excluding carboxylic acids is 1. The number of amides is 1. The van der Waals surface area contributed by atoms with Gasteiger partial charge in [0.1, 0.15) is 0 Å². The van der Waals surface area contributed by atoms with Gasteiger partial charge in [0.05, 0.1) is 11.3 Å². The monoisotopic (exact) mass is 309 g/mol. The average molecular weight is 309 g/mol. The van der Waals surface area contributed by atoms with Crippen LogP contribution in [0, 0.1) is 17.0 Å². The number of nitro benzene ring substituents is 1. The Morgan fingerprint density at radius 1 is 1.22 bits per heavy atom. The van der Waals surface area contributed by atoms with Gasteiger partial charge in [-0.1, -0.05) is 24.3 Å². The van der Waals surface area contributed by atoms with Crippen molar-refractivity contribution in [3.63, 3.8) is 0 Å². The molecule has 3 rings (SSSR count). The summed E-state index contributed by atoms with van der Waals surface area (Å²) in [5, 5.41) is 14.5. The molecule has 0 saturated heterocycles. The molecule has 2 N–H and O–H groups in total. The summed E-state index contributed by atoms with van der Waals surface area (Å²) in [6.45, 7) is 1.93. The van der Waals surface area contributed by atoms with Crippen LogP contribution in [-0.2, 0) is 11.2 Å². The van der Waals surface area contributed by atoms with E-state index in [-0.39, 0.29) is 18.0 Å². The van der Waals surface area contributed by atoms with Crippen molar-refractivity contribution in [2.45, 2.75) is 13.3 Å². The highest BCUT2D eigenvalue weighted by atomic mass is 16.6. The van der Waals surface area contributed by atoms with Gasteiger partial charge in [0.15, 0.2) is 0 Å². The highest BCUT2D eigenvalue weighted by Crippen LogP contribution is 2.23. The molecule has 2 aromatic carbocycles. The summed E-state index contributed by atoms with van der Waals surface area (Å²) in [4.78, 5) is 25.8. The summed E-state index contributed by atoms with van der Waals surface area (Å²) in [5.74, 6) is -0.210. The van der Waals surface area contributed by atoms with Crippen LogP contribution in [-0.4, -0.2) is 15.8 Å². The molecule has 0 fully saturated rings. The average Bonchev–Trinajstić information content (AvgIpc) is 2.83. The Labute approximate surface area is 132 Å². The Morgan fingerprint density at radius 3 is 2.78 bits per heavy atom. The second-order valence-corrected chi connectivity index (χ2v) is 5.31. The van der Waals surface area contributed by atoms with Gasteiger partial charge >= 0.3 is 0 Å². The number of nitro groups is 1. The lowest BCUT2D eigenvalue weighted by Gasteiger charge is -2.05. The second kappa shape index (κ2) is 5.92. The minimum absolute atomic E-state index is 0.0499. The summed E-state index contributed by atoms with van der Waals surface area (Å²) in [6.07, 6.45) is 0.207. The van der Waals surface area contributed by atoms with Crippen LogP contribution in [0.1, 0.15) is 11.3 Å². The van der Waals surface area contributed by atoms with Crippen molar-refractivity contribution in [3.8, 4) is 0 Å². The molecule has 6 nitrogen and oxygen atoms in total. The molecule has 0 radical (unpaired) electrons. The number of hydrogen-bond donors (Lipinski definition) is 2. The van der Waals surface area contributed by atoms with Gasteiger partial charge in [0, 0.05) is 34.4 Å². The van der Waals surface area contributed by atoms with Gasteiger partial charge < -0.3 is 10.3 Å². The van der Waals surface area contributed by atoms with Crippen LogP contribution < -0.4 is 5.32 Å². The number of aromatic nitrogens is 1. The van der Waals surface area contributed by atoms with Gasteiger partial charge in [-0.25, -0.2) is 0 Å². The smallest absolute Gasteiger partial charge is 0.271 e.